The van der Waals surface area contributed by atoms with E-state index in [9.17, 15) is 28.1 Å². The number of nitro groups is 1. The van der Waals surface area contributed by atoms with Gasteiger partial charge in [-0.05, 0) is 42.3 Å². The van der Waals surface area contributed by atoms with E-state index < -0.39 is 22.4 Å². The fourth-order valence-electron chi connectivity index (χ4n) is 2.81. The molecule has 0 radical (unpaired) electrons. The predicted molar refractivity (Wildman–Crippen MR) is 95.5 cm³/mol. The third kappa shape index (κ3) is 4.51. The van der Waals surface area contributed by atoms with Crippen LogP contribution in [0.5, 0.6) is 5.75 Å². The summed E-state index contributed by atoms with van der Waals surface area (Å²) in [7, 11) is 0. The van der Waals surface area contributed by atoms with Crippen LogP contribution in [-0.2, 0) is 17.4 Å². The average Bonchev–Trinajstić information content (AvgIpc) is 2.64. The molecule has 0 fully saturated rings. The second-order valence-corrected chi connectivity index (χ2v) is 6.13. The van der Waals surface area contributed by atoms with Gasteiger partial charge in [0.15, 0.2) is 0 Å². The highest BCUT2D eigenvalue weighted by Crippen LogP contribution is 2.35. The van der Waals surface area contributed by atoms with E-state index in [1.54, 1.807) is 18.2 Å². The van der Waals surface area contributed by atoms with E-state index in [1.807, 2.05) is 0 Å². The van der Waals surface area contributed by atoms with Crippen molar-refractivity contribution < 1.29 is 27.6 Å². The molecule has 1 aliphatic heterocycles. The topological polar surface area (TPSA) is 93.5 Å². The van der Waals surface area contributed by atoms with Gasteiger partial charge in [-0.2, -0.15) is 13.2 Å². The van der Waals surface area contributed by atoms with Crippen LogP contribution in [0.15, 0.2) is 36.4 Å². The Balaban J connectivity index is 1.59. The number of hydrogen-bond donors (Lipinski definition) is 2. The molecule has 0 atom stereocenters. The molecule has 2 N–H and O–H groups in total. The van der Waals surface area contributed by atoms with E-state index >= 15 is 0 Å². The number of amides is 1. The van der Waals surface area contributed by atoms with Crippen LogP contribution < -0.4 is 15.4 Å². The van der Waals surface area contributed by atoms with Crippen molar-refractivity contribution in [1.29, 1.82) is 0 Å². The lowest BCUT2D eigenvalue weighted by Gasteiger charge is -2.18. The maximum absolute atomic E-state index is 12.7. The minimum Gasteiger partial charge on any atom is -0.492 e. The van der Waals surface area contributed by atoms with Crippen LogP contribution in [0, 0.1) is 10.1 Å². The number of carbonyl (C=O) groups is 1. The Labute approximate surface area is 157 Å². The molecule has 2 aromatic carbocycles. The second-order valence-electron chi connectivity index (χ2n) is 6.13. The molecule has 1 amide bonds. The molecule has 3 rings (SSSR count). The third-order valence-electron chi connectivity index (χ3n) is 4.18. The lowest BCUT2D eigenvalue weighted by Crippen LogP contribution is -2.19. The largest absolute Gasteiger partial charge is 0.492 e. The summed E-state index contributed by atoms with van der Waals surface area (Å²) < 4.78 is 43.7. The molecule has 0 spiro atoms. The first-order valence-corrected chi connectivity index (χ1v) is 8.39. The first-order chi connectivity index (χ1) is 13.2. The fourth-order valence-corrected chi connectivity index (χ4v) is 2.81. The zero-order valence-corrected chi connectivity index (χ0v) is 14.5. The predicted octanol–water partition coefficient (Wildman–Crippen LogP) is 3.99. The van der Waals surface area contributed by atoms with Gasteiger partial charge in [0.05, 0.1) is 10.5 Å². The van der Waals surface area contributed by atoms with Crippen molar-refractivity contribution in [2.45, 2.75) is 19.0 Å². The minimum absolute atomic E-state index is 0.0187. The number of rotatable bonds is 6. The maximum Gasteiger partial charge on any atom is 0.416 e. The summed E-state index contributed by atoms with van der Waals surface area (Å²) in [5.41, 5.74) is -0.0678. The summed E-state index contributed by atoms with van der Waals surface area (Å²) >= 11 is 0. The van der Waals surface area contributed by atoms with Crippen LogP contribution in [0.2, 0.25) is 0 Å². The third-order valence-corrected chi connectivity index (χ3v) is 4.18. The standard InChI is InChI=1S/C18H16F3N3O4/c19-18(20,21)12-2-4-15(16(10-12)24(26)27)22-7-8-28-13-3-5-14-11(9-13)1-6-17(25)23-14/h2-5,9-10,22H,1,6-8H2,(H,23,25). The second kappa shape index (κ2) is 7.75. The number of hydrogen-bond acceptors (Lipinski definition) is 5. The fraction of sp³-hybridized carbons (Fsp3) is 0.278. The quantitative estimate of drug-likeness (QED) is 0.438. The van der Waals surface area contributed by atoms with Gasteiger partial charge >= 0.3 is 6.18 Å². The molecule has 7 nitrogen and oxygen atoms in total. The van der Waals surface area contributed by atoms with E-state index in [0.717, 1.165) is 23.4 Å². The number of nitrogens with zero attached hydrogens (tertiary/aromatic N) is 1. The highest BCUT2D eigenvalue weighted by atomic mass is 19.4. The Morgan fingerprint density at radius 1 is 1.18 bits per heavy atom. The number of nitrogens with one attached hydrogen (secondary N) is 2. The van der Waals surface area contributed by atoms with Gasteiger partial charge in [0.1, 0.15) is 18.0 Å². The smallest absolute Gasteiger partial charge is 0.416 e. The molecule has 0 aromatic heterocycles. The Hall–Kier alpha value is -3.30. The zero-order chi connectivity index (χ0) is 20.3. The number of fused-ring (bicyclic) bond motifs is 1. The number of nitro benzene ring substituents is 1. The van der Waals surface area contributed by atoms with Crippen molar-refractivity contribution >= 4 is 23.0 Å². The molecule has 1 aliphatic rings. The summed E-state index contributed by atoms with van der Waals surface area (Å²) in [5, 5.41) is 16.5. The van der Waals surface area contributed by atoms with Crippen LogP contribution in [-0.4, -0.2) is 24.0 Å². The normalized spacial score (nSPS) is 13.5. The molecule has 1 heterocycles. The number of aryl methyl sites for hydroxylation is 1. The molecule has 0 aliphatic carbocycles. The summed E-state index contributed by atoms with van der Waals surface area (Å²) in [6.45, 7) is 0.295. The first kappa shape index (κ1) is 19.5. The first-order valence-electron chi connectivity index (χ1n) is 8.39. The van der Waals surface area contributed by atoms with E-state index in [-0.39, 0.29) is 24.7 Å². The molecule has 10 heteroatoms. The van der Waals surface area contributed by atoms with Gasteiger partial charge in [-0.1, -0.05) is 0 Å². The van der Waals surface area contributed by atoms with E-state index in [4.69, 9.17) is 4.74 Å². The monoisotopic (exact) mass is 395 g/mol. The van der Waals surface area contributed by atoms with Crippen LogP contribution in [0.25, 0.3) is 0 Å². The van der Waals surface area contributed by atoms with Gasteiger partial charge in [0.2, 0.25) is 5.91 Å². The van der Waals surface area contributed by atoms with Crippen molar-refractivity contribution in [3.63, 3.8) is 0 Å². The van der Waals surface area contributed by atoms with Crippen LogP contribution >= 0.6 is 0 Å². The molecule has 148 valence electrons. The van der Waals surface area contributed by atoms with Crippen molar-refractivity contribution in [2.24, 2.45) is 0 Å². The van der Waals surface area contributed by atoms with E-state index in [1.165, 1.54) is 0 Å². The summed E-state index contributed by atoms with van der Waals surface area (Å²) in [6.07, 6.45) is -3.65. The molecule has 2 aromatic rings. The number of ether oxygens (including phenoxy) is 1. The lowest BCUT2D eigenvalue weighted by molar-refractivity contribution is -0.384. The zero-order valence-electron chi connectivity index (χ0n) is 14.5. The average molecular weight is 395 g/mol. The molecule has 0 bridgehead atoms. The van der Waals surface area contributed by atoms with Crippen LogP contribution in [0.4, 0.5) is 30.2 Å². The highest BCUT2D eigenvalue weighted by Gasteiger charge is 2.33. The van der Waals surface area contributed by atoms with E-state index in [2.05, 4.69) is 10.6 Å². The SMILES string of the molecule is O=C1CCc2cc(OCCNc3ccc(C(F)(F)F)cc3[N+](=O)[O-])ccc2N1. The number of anilines is 2. The summed E-state index contributed by atoms with van der Waals surface area (Å²) in [4.78, 5) is 21.5. The molecule has 0 unspecified atom stereocenters. The molecular weight excluding hydrogens is 379 g/mol. The molecule has 0 saturated heterocycles. The van der Waals surface area contributed by atoms with Gasteiger partial charge in [0, 0.05) is 24.7 Å². The van der Waals surface area contributed by atoms with Gasteiger partial charge in [-0.25, -0.2) is 0 Å². The molecular formula is C18H16F3N3O4. The van der Waals surface area contributed by atoms with E-state index in [0.29, 0.717) is 24.7 Å². The van der Waals surface area contributed by atoms with Crippen LogP contribution in [0.1, 0.15) is 17.5 Å². The minimum atomic E-state index is -4.65. The van der Waals surface area contributed by atoms with Crippen molar-refractivity contribution in [3.8, 4) is 5.75 Å². The maximum atomic E-state index is 12.7. The number of carbonyl (C=O) groups excluding carboxylic acids is 1. The van der Waals surface area contributed by atoms with Crippen molar-refractivity contribution in [2.75, 3.05) is 23.8 Å². The van der Waals surface area contributed by atoms with Crippen molar-refractivity contribution in [1.82, 2.24) is 0 Å². The molecule has 28 heavy (non-hydrogen) atoms. The number of benzene rings is 2. The summed E-state index contributed by atoms with van der Waals surface area (Å²) in [6, 6.07) is 7.54. The van der Waals surface area contributed by atoms with Crippen LogP contribution in [0.3, 0.4) is 0 Å². The van der Waals surface area contributed by atoms with Gasteiger partial charge in [0.25, 0.3) is 5.69 Å². The van der Waals surface area contributed by atoms with Gasteiger partial charge < -0.3 is 15.4 Å². The van der Waals surface area contributed by atoms with Gasteiger partial charge in [-0.3, -0.25) is 14.9 Å². The Morgan fingerprint density at radius 3 is 2.68 bits per heavy atom. The van der Waals surface area contributed by atoms with Crippen molar-refractivity contribution in [3.05, 3.63) is 57.6 Å². The number of halogens is 3. The summed E-state index contributed by atoms with van der Waals surface area (Å²) in [5.74, 6) is 0.530. The van der Waals surface area contributed by atoms with Gasteiger partial charge in [-0.15, -0.1) is 0 Å². The highest BCUT2D eigenvalue weighted by molar-refractivity contribution is 5.94. The Morgan fingerprint density at radius 2 is 1.96 bits per heavy atom. The lowest BCUT2D eigenvalue weighted by atomic mass is 10.0. The Bertz CT molecular complexity index is 915. The number of alkyl halides is 3. The molecule has 0 saturated carbocycles. The Kier molecular flexibility index (Phi) is 5.39.